The molecule has 1 aromatic rings. The molecule has 1 N–H and O–H groups in total. The molecule has 64 valence electrons. The first-order valence-electron chi connectivity index (χ1n) is 3.32. The molecule has 0 saturated carbocycles. The summed E-state index contributed by atoms with van der Waals surface area (Å²) in [6, 6.07) is 4.10. The molecule has 0 atom stereocenters. The van der Waals surface area contributed by atoms with Crippen molar-refractivity contribution in [1.82, 2.24) is 0 Å². The summed E-state index contributed by atoms with van der Waals surface area (Å²) in [6.07, 6.45) is 0. The molecule has 0 saturated heterocycles. The van der Waals surface area contributed by atoms with Crippen LogP contribution in [-0.2, 0) is 0 Å². The lowest BCUT2D eigenvalue weighted by Gasteiger charge is -2.03. The van der Waals surface area contributed by atoms with Crippen molar-refractivity contribution in [2.75, 3.05) is 5.32 Å². The summed E-state index contributed by atoms with van der Waals surface area (Å²) in [5.74, 6) is -0.402. The fraction of sp³-hybridized carbons (Fsp3) is 0.125. The Morgan fingerprint density at radius 3 is 2.83 bits per heavy atom. The SMILES string of the molecule is Cc1ccc(F)cc1NC(=O)Cl. The number of halogens is 2. The second kappa shape index (κ2) is 3.54. The van der Waals surface area contributed by atoms with Crippen LogP contribution in [0.15, 0.2) is 18.2 Å². The van der Waals surface area contributed by atoms with Crippen molar-refractivity contribution >= 4 is 22.7 Å². The van der Waals surface area contributed by atoms with E-state index in [0.717, 1.165) is 5.56 Å². The molecule has 2 nitrogen and oxygen atoms in total. The molecule has 0 aliphatic carbocycles. The van der Waals surface area contributed by atoms with Crippen LogP contribution in [0.3, 0.4) is 0 Å². The Morgan fingerprint density at radius 2 is 2.25 bits per heavy atom. The highest BCUT2D eigenvalue weighted by Crippen LogP contribution is 2.16. The highest BCUT2D eigenvalue weighted by atomic mass is 35.5. The van der Waals surface area contributed by atoms with Gasteiger partial charge in [0.2, 0.25) is 0 Å². The first-order chi connectivity index (χ1) is 5.59. The van der Waals surface area contributed by atoms with Crippen LogP contribution in [0.25, 0.3) is 0 Å². The van der Waals surface area contributed by atoms with E-state index in [1.54, 1.807) is 13.0 Å². The molecule has 0 heterocycles. The number of hydrogen-bond donors (Lipinski definition) is 1. The second-order valence-corrected chi connectivity index (χ2v) is 2.70. The average Bonchev–Trinajstić information content (AvgIpc) is 1.96. The fourth-order valence-corrected chi connectivity index (χ4v) is 0.937. The van der Waals surface area contributed by atoms with Crippen molar-refractivity contribution < 1.29 is 9.18 Å². The van der Waals surface area contributed by atoms with Crippen LogP contribution < -0.4 is 5.32 Å². The zero-order valence-electron chi connectivity index (χ0n) is 6.40. The number of anilines is 1. The summed E-state index contributed by atoms with van der Waals surface area (Å²) in [7, 11) is 0. The molecule has 0 aliphatic rings. The van der Waals surface area contributed by atoms with Crippen molar-refractivity contribution in [3.8, 4) is 0 Å². The van der Waals surface area contributed by atoms with Gasteiger partial charge in [0.25, 0.3) is 0 Å². The molecular weight excluding hydrogens is 181 g/mol. The third-order valence-corrected chi connectivity index (χ3v) is 1.53. The minimum atomic E-state index is -0.719. The van der Waals surface area contributed by atoms with Crippen LogP contribution in [0.5, 0.6) is 0 Å². The van der Waals surface area contributed by atoms with Crippen LogP contribution in [-0.4, -0.2) is 5.37 Å². The molecule has 0 radical (unpaired) electrons. The van der Waals surface area contributed by atoms with E-state index >= 15 is 0 Å². The third kappa shape index (κ3) is 2.20. The largest absolute Gasteiger partial charge is 0.318 e. The highest BCUT2D eigenvalue weighted by molar-refractivity contribution is 6.65. The Morgan fingerprint density at radius 1 is 1.58 bits per heavy atom. The molecule has 12 heavy (non-hydrogen) atoms. The van der Waals surface area contributed by atoms with Crippen LogP contribution in [0.1, 0.15) is 5.56 Å². The second-order valence-electron chi connectivity index (χ2n) is 2.36. The molecule has 0 aliphatic heterocycles. The first kappa shape index (κ1) is 9.00. The summed E-state index contributed by atoms with van der Waals surface area (Å²) in [5.41, 5.74) is 1.17. The number of amides is 1. The predicted octanol–water partition coefficient (Wildman–Crippen LogP) is 2.90. The highest BCUT2D eigenvalue weighted by Gasteiger charge is 2.01. The van der Waals surface area contributed by atoms with Gasteiger partial charge in [-0.05, 0) is 36.2 Å². The molecule has 0 fully saturated rings. The summed E-state index contributed by atoms with van der Waals surface area (Å²) in [4.78, 5) is 10.4. The number of carbonyl (C=O) groups is 1. The van der Waals surface area contributed by atoms with Crippen molar-refractivity contribution in [2.45, 2.75) is 6.92 Å². The van der Waals surface area contributed by atoms with Gasteiger partial charge in [-0.3, -0.25) is 4.79 Å². The van der Waals surface area contributed by atoms with Crippen LogP contribution in [0.2, 0.25) is 0 Å². The van der Waals surface area contributed by atoms with E-state index in [2.05, 4.69) is 5.32 Å². The van der Waals surface area contributed by atoms with Gasteiger partial charge < -0.3 is 5.32 Å². The number of aryl methyl sites for hydroxylation is 1. The smallest absolute Gasteiger partial charge is 0.312 e. The standard InChI is InChI=1S/C8H7ClFNO/c1-5-2-3-6(10)4-7(5)11-8(9)12/h2-4H,1H3,(H,11,12). The quantitative estimate of drug-likeness (QED) is 0.532. The van der Waals surface area contributed by atoms with E-state index in [0.29, 0.717) is 5.69 Å². The van der Waals surface area contributed by atoms with E-state index in [9.17, 15) is 9.18 Å². The Kier molecular flexibility index (Phi) is 2.65. The predicted molar refractivity (Wildman–Crippen MR) is 46.0 cm³/mol. The minimum Gasteiger partial charge on any atom is -0.312 e. The summed E-state index contributed by atoms with van der Waals surface area (Å²) in [6.45, 7) is 1.75. The Balaban J connectivity index is 2.97. The Bertz CT molecular complexity index is 314. The molecule has 1 rings (SSSR count). The first-order valence-corrected chi connectivity index (χ1v) is 3.70. The maximum Gasteiger partial charge on any atom is 0.318 e. The number of rotatable bonds is 1. The topological polar surface area (TPSA) is 29.1 Å². The number of hydrogen-bond acceptors (Lipinski definition) is 1. The van der Waals surface area contributed by atoms with Crippen LogP contribution >= 0.6 is 11.6 Å². The molecule has 4 heteroatoms. The summed E-state index contributed by atoms with van der Waals surface area (Å²) < 4.78 is 12.6. The van der Waals surface area contributed by atoms with Gasteiger partial charge >= 0.3 is 5.37 Å². The van der Waals surface area contributed by atoms with Gasteiger partial charge in [0, 0.05) is 5.69 Å². The Labute approximate surface area is 74.3 Å². The van der Waals surface area contributed by atoms with Gasteiger partial charge in [-0.25, -0.2) is 4.39 Å². The van der Waals surface area contributed by atoms with Crippen LogP contribution in [0, 0.1) is 12.7 Å². The van der Waals surface area contributed by atoms with Gasteiger partial charge in [0.15, 0.2) is 0 Å². The maximum atomic E-state index is 12.6. The van der Waals surface area contributed by atoms with Gasteiger partial charge in [0.05, 0.1) is 0 Å². The number of carbonyl (C=O) groups excluding carboxylic acids is 1. The van der Waals surface area contributed by atoms with E-state index in [-0.39, 0.29) is 0 Å². The molecule has 0 aromatic heterocycles. The summed E-state index contributed by atoms with van der Waals surface area (Å²) in [5, 5.41) is 1.58. The molecule has 0 unspecified atom stereocenters. The molecule has 0 spiro atoms. The molecular formula is C8H7ClFNO. The Hall–Kier alpha value is -1.09. The minimum absolute atomic E-state index is 0.398. The molecule has 1 amide bonds. The lowest BCUT2D eigenvalue weighted by atomic mass is 10.2. The van der Waals surface area contributed by atoms with Gasteiger partial charge in [-0.1, -0.05) is 6.07 Å². The van der Waals surface area contributed by atoms with Crippen molar-refractivity contribution in [3.63, 3.8) is 0 Å². The zero-order valence-corrected chi connectivity index (χ0v) is 7.15. The zero-order chi connectivity index (χ0) is 9.14. The monoisotopic (exact) mass is 187 g/mol. The van der Waals surface area contributed by atoms with E-state index in [1.807, 2.05) is 0 Å². The van der Waals surface area contributed by atoms with E-state index < -0.39 is 11.2 Å². The fourth-order valence-electron chi connectivity index (χ4n) is 0.835. The van der Waals surface area contributed by atoms with Crippen molar-refractivity contribution in [1.29, 1.82) is 0 Å². The summed E-state index contributed by atoms with van der Waals surface area (Å²) >= 11 is 5.06. The number of nitrogens with one attached hydrogen (secondary N) is 1. The van der Waals surface area contributed by atoms with E-state index in [4.69, 9.17) is 11.6 Å². The van der Waals surface area contributed by atoms with Gasteiger partial charge in [0.1, 0.15) is 5.82 Å². The van der Waals surface area contributed by atoms with Gasteiger partial charge in [-0.2, -0.15) is 0 Å². The lowest BCUT2D eigenvalue weighted by Crippen LogP contribution is -2.02. The lowest BCUT2D eigenvalue weighted by molar-refractivity contribution is 0.269. The van der Waals surface area contributed by atoms with Crippen LogP contribution in [0.4, 0.5) is 14.9 Å². The molecule has 0 bridgehead atoms. The molecule has 1 aromatic carbocycles. The van der Waals surface area contributed by atoms with Crippen molar-refractivity contribution in [2.24, 2.45) is 0 Å². The van der Waals surface area contributed by atoms with Gasteiger partial charge in [-0.15, -0.1) is 0 Å². The van der Waals surface area contributed by atoms with Crippen molar-refractivity contribution in [3.05, 3.63) is 29.6 Å². The maximum absolute atomic E-state index is 12.6. The number of benzene rings is 1. The normalized spacial score (nSPS) is 9.58. The third-order valence-electron chi connectivity index (χ3n) is 1.43. The van der Waals surface area contributed by atoms with E-state index in [1.165, 1.54) is 12.1 Å². The average molecular weight is 188 g/mol.